The number of carbonyl (C=O) groups excluding carboxylic acids is 1. The van der Waals surface area contributed by atoms with Gasteiger partial charge >= 0.3 is 0 Å². The van der Waals surface area contributed by atoms with Gasteiger partial charge in [-0.3, -0.25) is 4.79 Å². The average Bonchev–Trinajstić information content (AvgIpc) is 3.17. The molecule has 4 nitrogen and oxygen atoms in total. The van der Waals surface area contributed by atoms with Crippen molar-refractivity contribution in [2.75, 3.05) is 18.9 Å². The molecule has 98 valence electrons. The van der Waals surface area contributed by atoms with Gasteiger partial charge in [-0.05, 0) is 38.8 Å². The van der Waals surface area contributed by atoms with Gasteiger partial charge in [0.15, 0.2) is 5.75 Å². The fourth-order valence-electron chi connectivity index (χ4n) is 2.14. The van der Waals surface area contributed by atoms with Crippen LogP contribution in [0.4, 0.5) is 5.69 Å². The van der Waals surface area contributed by atoms with Crippen molar-refractivity contribution in [1.29, 1.82) is 0 Å². The second-order valence-corrected chi connectivity index (χ2v) is 4.48. The lowest BCUT2D eigenvalue weighted by molar-refractivity contribution is 0.0748. The second-order valence-electron chi connectivity index (χ2n) is 4.48. The lowest BCUT2D eigenvalue weighted by Gasteiger charge is -2.22. The lowest BCUT2D eigenvalue weighted by atomic mass is 10.1. The Morgan fingerprint density at radius 3 is 2.72 bits per heavy atom. The molecule has 2 N–H and O–H groups in total. The molecule has 0 spiro atoms. The highest BCUT2D eigenvalue weighted by molar-refractivity contribution is 5.99. The summed E-state index contributed by atoms with van der Waals surface area (Å²) < 4.78 is 5.51. The Labute approximate surface area is 108 Å². The van der Waals surface area contributed by atoms with Crippen LogP contribution in [0, 0.1) is 0 Å². The fourth-order valence-corrected chi connectivity index (χ4v) is 2.14. The molecular formula is C14H20N2O2. The summed E-state index contributed by atoms with van der Waals surface area (Å²) in [6.45, 7) is 5.12. The first-order valence-corrected chi connectivity index (χ1v) is 6.51. The molecule has 0 atom stereocenters. The molecule has 0 radical (unpaired) electrons. The van der Waals surface area contributed by atoms with E-state index in [0.717, 1.165) is 19.4 Å². The van der Waals surface area contributed by atoms with Crippen molar-refractivity contribution in [3.05, 3.63) is 23.8 Å². The Morgan fingerprint density at radius 2 is 2.17 bits per heavy atom. The number of carbonyl (C=O) groups is 1. The van der Waals surface area contributed by atoms with Crippen molar-refractivity contribution in [2.24, 2.45) is 0 Å². The molecule has 0 unspecified atom stereocenters. The number of hydrogen-bond acceptors (Lipinski definition) is 3. The number of rotatable bonds is 5. The summed E-state index contributed by atoms with van der Waals surface area (Å²) in [6, 6.07) is 5.74. The van der Waals surface area contributed by atoms with E-state index < -0.39 is 0 Å². The number of nitrogens with two attached hydrogens (primary N) is 1. The van der Waals surface area contributed by atoms with Gasteiger partial charge in [-0.1, -0.05) is 6.07 Å². The van der Waals surface area contributed by atoms with E-state index in [2.05, 4.69) is 0 Å². The fraction of sp³-hybridized carbons (Fsp3) is 0.500. The van der Waals surface area contributed by atoms with Gasteiger partial charge in [0.05, 0.1) is 17.9 Å². The largest absolute Gasteiger partial charge is 0.491 e. The van der Waals surface area contributed by atoms with Crippen molar-refractivity contribution >= 4 is 11.6 Å². The van der Waals surface area contributed by atoms with Gasteiger partial charge in [0.1, 0.15) is 0 Å². The van der Waals surface area contributed by atoms with Crippen LogP contribution >= 0.6 is 0 Å². The van der Waals surface area contributed by atoms with Crippen LogP contribution in [0.2, 0.25) is 0 Å². The number of nitrogens with zero attached hydrogens (tertiary/aromatic N) is 1. The highest BCUT2D eigenvalue weighted by atomic mass is 16.5. The normalized spacial score (nSPS) is 14.3. The van der Waals surface area contributed by atoms with Crippen molar-refractivity contribution in [3.8, 4) is 5.75 Å². The monoisotopic (exact) mass is 248 g/mol. The van der Waals surface area contributed by atoms with Gasteiger partial charge in [0.2, 0.25) is 0 Å². The summed E-state index contributed by atoms with van der Waals surface area (Å²) in [5, 5.41) is 0. The van der Waals surface area contributed by atoms with E-state index in [1.54, 1.807) is 18.2 Å². The third kappa shape index (κ3) is 2.42. The standard InChI is InChI=1S/C14H20N2O2/c1-3-16(10-8-9-10)14(17)11-6-5-7-12(15)13(11)18-4-2/h5-7,10H,3-4,8-9,15H2,1-2H3. The van der Waals surface area contributed by atoms with E-state index in [1.165, 1.54) is 0 Å². The number of benzene rings is 1. The Balaban J connectivity index is 2.31. The Bertz CT molecular complexity index is 441. The van der Waals surface area contributed by atoms with Crippen molar-refractivity contribution in [3.63, 3.8) is 0 Å². The van der Waals surface area contributed by atoms with Crippen LogP contribution in [0.3, 0.4) is 0 Å². The molecule has 4 heteroatoms. The Kier molecular flexibility index (Phi) is 3.75. The van der Waals surface area contributed by atoms with Crippen LogP contribution in [-0.2, 0) is 0 Å². The molecule has 0 saturated heterocycles. The highest BCUT2D eigenvalue weighted by Crippen LogP contribution is 2.32. The number of amides is 1. The zero-order valence-corrected chi connectivity index (χ0v) is 11.0. The molecule has 1 aromatic carbocycles. The summed E-state index contributed by atoms with van der Waals surface area (Å²) in [7, 11) is 0. The smallest absolute Gasteiger partial charge is 0.257 e. The molecule has 0 aromatic heterocycles. The van der Waals surface area contributed by atoms with E-state index in [4.69, 9.17) is 10.5 Å². The molecule has 1 saturated carbocycles. The molecule has 1 aliphatic rings. The van der Waals surface area contributed by atoms with Crippen LogP contribution in [0.25, 0.3) is 0 Å². The molecule has 0 aliphatic heterocycles. The summed E-state index contributed by atoms with van der Waals surface area (Å²) in [4.78, 5) is 14.4. The molecule has 0 bridgehead atoms. The maximum absolute atomic E-state index is 12.5. The molecule has 1 amide bonds. The van der Waals surface area contributed by atoms with Gasteiger partial charge in [0.25, 0.3) is 5.91 Å². The summed E-state index contributed by atoms with van der Waals surface area (Å²) >= 11 is 0. The van der Waals surface area contributed by atoms with E-state index >= 15 is 0 Å². The molecular weight excluding hydrogens is 228 g/mol. The molecule has 18 heavy (non-hydrogen) atoms. The first kappa shape index (κ1) is 12.7. The highest BCUT2D eigenvalue weighted by Gasteiger charge is 2.33. The molecule has 1 aromatic rings. The van der Waals surface area contributed by atoms with Crippen LogP contribution in [0.15, 0.2) is 18.2 Å². The van der Waals surface area contributed by atoms with Gasteiger partial charge < -0.3 is 15.4 Å². The van der Waals surface area contributed by atoms with Crippen LogP contribution in [-0.4, -0.2) is 30.0 Å². The van der Waals surface area contributed by atoms with Crippen LogP contribution in [0.1, 0.15) is 37.0 Å². The quantitative estimate of drug-likeness (QED) is 0.813. The summed E-state index contributed by atoms with van der Waals surface area (Å²) in [5.41, 5.74) is 6.98. The SMILES string of the molecule is CCOc1c(N)cccc1C(=O)N(CC)C1CC1. The van der Waals surface area contributed by atoms with E-state index in [0.29, 0.717) is 29.6 Å². The minimum Gasteiger partial charge on any atom is -0.491 e. The van der Waals surface area contributed by atoms with Crippen molar-refractivity contribution in [2.45, 2.75) is 32.7 Å². The molecule has 2 rings (SSSR count). The average molecular weight is 248 g/mol. The molecule has 1 fully saturated rings. The third-order valence-electron chi connectivity index (χ3n) is 3.15. The minimum atomic E-state index is 0.0238. The molecule has 0 heterocycles. The molecule has 1 aliphatic carbocycles. The number of anilines is 1. The van der Waals surface area contributed by atoms with E-state index in [-0.39, 0.29) is 5.91 Å². The lowest BCUT2D eigenvalue weighted by Crippen LogP contribution is -2.33. The zero-order valence-electron chi connectivity index (χ0n) is 11.0. The first-order chi connectivity index (χ1) is 8.69. The van der Waals surface area contributed by atoms with Crippen molar-refractivity contribution < 1.29 is 9.53 Å². The number of ether oxygens (including phenoxy) is 1. The van der Waals surface area contributed by atoms with Gasteiger partial charge in [0, 0.05) is 12.6 Å². The van der Waals surface area contributed by atoms with Crippen LogP contribution < -0.4 is 10.5 Å². The van der Waals surface area contributed by atoms with E-state index in [1.807, 2.05) is 18.7 Å². The second kappa shape index (κ2) is 5.29. The number of para-hydroxylation sites is 1. The van der Waals surface area contributed by atoms with Gasteiger partial charge in [-0.15, -0.1) is 0 Å². The first-order valence-electron chi connectivity index (χ1n) is 6.51. The minimum absolute atomic E-state index is 0.0238. The maximum Gasteiger partial charge on any atom is 0.257 e. The maximum atomic E-state index is 12.5. The van der Waals surface area contributed by atoms with Crippen LogP contribution in [0.5, 0.6) is 5.75 Å². The van der Waals surface area contributed by atoms with Gasteiger partial charge in [-0.2, -0.15) is 0 Å². The number of nitrogen functional groups attached to an aromatic ring is 1. The topological polar surface area (TPSA) is 55.6 Å². The third-order valence-corrected chi connectivity index (χ3v) is 3.15. The summed E-state index contributed by atoms with van der Waals surface area (Å²) in [6.07, 6.45) is 2.21. The summed E-state index contributed by atoms with van der Waals surface area (Å²) in [5.74, 6) is 0.542. The van der Waals surface area contributed by atoms with Crippen molar-refractivity contribution in [1.82, 2.24) is 4.90 Å². The predicted molar refractivity (Wildman–Crippen MR) is 71.8 cm³/mol. The predicted octanol–water partition coefficient (Wildman–Crippen LogP) is 2.29. The Morgan fingerprint density at radius 1 is 1.44 bits per heavy atom. The van der Waals surface area contributed by atoms with E-state index in [9.17, 15) is 4.79 Å². The Hall–Kier alpha value is -1.71. The number of hydrogen-bond donors (Lipinski definition) is 1. The van der Waals surface area contributed by atoms with Gasteiger partial charge in [-0.25, -0.2) is 0 Å². The zero-order chi connectivity index (χ0) is 13.1.